The first-order chi connectivity index (χ1) is 7.55. The molecule has 2 N–H and O–H groups in total. The van der Waals surface area contributed by atoms with Gasteiger partial charge in [0.1, 0.15) is 0 Å². The Bertz CT molecular complexity index is 349. The topological polar surface area (TPSA) is 42.1 Å². The number of thiazole rings is 1. The van der Waals surface area contributed by atoms with Crippen LogP contribution in [0.4, 0.5) is 5.13 Å². The van der Waals surface area contributed by atoms with E-state index in [0.717, 1.165) is 25.3 Å². The van der Waals surface area contributed by atoms with Crippen molar-refractivity contribution in [1.29, 1.82) is 0 Å². The predicted molar refractivity (Wildman–Crippen MR) is 73.0 cm³/mol. The summed E-state index contributed by atoms with van der Waals surface area (Å²) >= 11 is 3.61. The molecule has 0 atom stereocenters. The van der Waals surface area contributed by atoms with Crippen LogP contribution in [0.3, 0.4) is 0 Å². The van der Waals surface area contributed by atoms with Gasteiger partial charge in [-0.05, 0) is 13.0 Å². The standard InChI is InChI=1S/C11H19N3S2/c1-11(2)3-4-14(5-6-16-11)7-9-8-15-10(12)13-9/h8H,3-7H2,1-2H3,(H2,12,13). The van der Waals surface area contributed by atoms with Crippen LogP contribution in [0, 0.1) is 0 Å². The summed E-state index contributed by atoms with van der Waals surface area (Å²) in [5, 5.41) is 2.75. The third-order valence-corrected chi connectivity index (χ3v) is 4.98. The van der Waals surface area contributed by atoms with Crippen molar-refractivity contribution >= 4 is 28.2 Å². The maximum atomic E-state index is 5.64. The average Bonchev–Trinajstić information content (AvgIpc) is 2.52. The van der Waals surface area contributed by atoms with E-state index in [2.05, 4.69) is 40.9 Å². The van der Waals surface area contributed by atoms with Crippen LogP contribution in [0.15, 0.2) is 5.38 Å². The van der Waals surface area contributed by atoms with Crippen LogP contribution in [-0.2, 0) is 6.54 Å². The summed E-state index contributed by atoms with van der Waals surface area (Å²) in [6.07, 6.45) is 1.25. The fourth-order valence-electron chi connectivity index (χ4n) is 1.84. The second kappa shape index (κ2) is 4.94. The van der Waals surface area contributed by atoms with Gasteiger partial charge in [0.15, 0.2) is 5.13 Å². The second-order valence-electron chi connectivity index (χ2n) is 4.81. The SMILES string of the molecule is CC1(C)CCN(Cc2csc(N)n2)CCS1. The zero-order valence-corrected chi connectivity index (χ0v) is 11.5. The van der Waals surface area contributed by atoms with Gasteiger partial charge in [0.05, 0.1) is 5.69 Å². The molecule has 1 fully saturated rings. The van der Waals surface area contributed by atoms with Crippen molar-refractivity contribution in [3.8, 4) is 0 Å². The first-order valence-corrected chi connectivity index (χ1v) is 7.48. The van der Waals surface area contributed by atoms with Crippen LogP contribution < -0.4 is 5.73 Å². The van der Waals surface area contributed by atoms with Crippen LogP contribution in [0.1, 0.15) is 26.0 Å². The highest BCUT2D eigenvalue weighted by atomic mass is 32.2. The number of aromatic nitrogens is 1. The molecule has 16 heavy (non-hydrogen) atoms. The molecule has 1 aromatic heterocycles. The smallest absolute Gasteiger partial charge is 0.180 e. The first-order valence-electron chi connectivity index (χ1n) is 5.61. The maximum Gasteiger partial charge on any atom is 0.180 e. The Morgan fingerprint density at radius 1 is 1.50 bits per heavy atom. The van der Waals surface area contributed by atoms with Crippen molar-refractivity contribution in [2.45, 2.75) is 31.6 Å². The molecular weight excluding hydrogens is 238 g/mol. The van der Waals surface area contributed by atoms with E-state index in [9.17, 15) is 0 Å². The highest BCUT2D eigenvalue weighted by Crippen LogP contribution is 2.31. The molecule has 1 aliphatic heterocycles. The summed E-state index contributed by atoms with van der Waals surface area (Å²) in [5.74, 6) is 1.21. The van der Waals surface area contributed by atoms with Gasteiger partial charge in [-0.15, -0.1) is 11.3 Å². The van der Waals surface area contributed by atoms with E-state index in [0.29, 0.717) is 9.88 Å². The molecule has 0 spiro atoms. The van der Waals surface area contributed by atoms with Crippen molar-refractivity contribution in [3.63, 3.8) is 0 Å². The number of nitrogen functional groups attached to an aromatic ring is 1. The van der Waals surface area contributed by atoms with Crippen molar-refractivity contribution in [2.24, 2.45) is 0 Å². The van der Waals surface area contributed by atoms with Gasteiger partial charge in [-0.1, -0.05) is 13.8 Å². The summed E-state index contributed by atoms with van der Waals surface area (Å²) < 4.78 is 0.426. The number of nitrogens with zero attached hydrogens (tertiary/aromatic N) is 2. The third-order valence-electron chi connectivity index (χ3n) is 2.89. The summed E-state index contributed by atoms with van der Waals surface area (Å²) in [6, 6.07) is 0. The average molecular weight is 257 g/mol. The highest BCUT2D eigenvalue weighted by molar-refractivity contribution is 8.00. The zero-order valence-electron chi connectivity index (χ0n) is 9.90. The molecule has 2 rings (SSSR count). The maximum absolute atomic E-state index is 5.64. The second-order valence-corrected chi connectivity index (χ2v) is 7.50. The van der Waals surface area contributed by atoms with Gasteiger partial charge < -0.3 is 5.73 Å². The van der Waals surface area contributed by atoms with Gasteiger partial charge in [0, 0.05) is 29.0 Å². The number of hydrogen-bond acceptors (Lipinski definition) is 5. The van der Waals surface area contributed by atoms with Gasteiger partial charge in [-0.25, -0.2) is 4.98 Å². The molecule has 90 valence electrons. The number of rotatable bonds is 2. The normalized spacial score (nSPS) is 21.9. The Morgan fingerprint density at radius 3 is 3.00 bits per heavy atom. The minimum absolute atomic E-state index is 0.426. The molecule has 0 aromatic carbocycles. The lowest BCUT2D eigenvalue weighted by Crippen LogP contribution is -2.26. The molecule has 0 unspecified atom stereocenters. The quantitative estimate of drug-likeness (QED) is 0.883. The fraction of sp³-hybridized carbons (Fsp3) is 0.727. The lowest BCUT2D eigenvalue weighted by molar-refractivity contribution is 0.274. The molecule has 1 aliphatic rings. The van der Waals surface area contributed by atoms with Crippen LogP contribution in [0.25, 0.3) is 0 Å². The Hall–Kier alpha value is -0.260. The molecule has 2 heterocycles. The van der Waals surface area contributed by atoms with E-state index in [1.165, 1.54) is 23.5 Å². The summed E-state index contributed by atoms with van der Waals surface area (Å²) in [4.78, 5) is 6.80. The molecule has 1 saturated heterocycles. The van der Waals surface area contributed by atoms with Crippen LogP contribution in [0.5, 0.6) is 0 Å². The lowest BCUT2D eigenvalue weighted by atomic mass is 10.1. The minimum Gasteiger partial charge on any atom is -0.375 e. The molecule has 0 radical (unpaired) electrons. The largest absolute Gasteiger partial charge is 0.375 e. The predicted octanol–water partition coefficient (Wildman–Crippen LogP) is 2.44. The van der Waals surface area contributed by atoms with E-state index >= 15 is 0 Å². The van der Waals surface area contributed by atoms with Crippen LogP contribution >= 0.6 is 23.1 Å². The van der Waals surface area contributed by atoms with Gasteiger partial charge in [0.2, 0.25) is 0 Å². The Kier molecular flexibility index (Phi) is 3.77. The summed E-state index contributed by atoms with van der Waals surface area (Å²) in [7, 11) is 0. The van der Waals surface area contributed by atoms with E-state index < -0.39 is 0 Å². The monoisotopic (exact) mass is 257 g/mol. The minimum atomic E-state index is 0.426. The fourth-order valence-corrected chi connectivity index (χ4v) is 3.54. The van der Waals surface area contributed by atoms with Crippen molar-refractivity contribution < 1.29 is 0 Å². The molecule has 5 heteroatoms. The number of thioether (sulfide) groups is 1. The van der Waals surface area contributed by atoms with Gasteiger partial charge in [-0.3, -0.25) is 4.90 Å². The Balaban J connectivity index is 1.91. The Morgan fingerprint density at radius 2 is 2.31 bits per heavy atom. The molecule has 0 saturated carbocycles. The van der Waals surface area contributed by atoms with Crippen LogP contribution in [0.2, 0.25) is 0 Å². The van der Waals surface area contributed by atoms with E-state index in [4.69, 9.17) is 5.73 Å². The van der Waals surface area contributed by atoms with Crippen molar-refractivity contribution in [3.05, 3.63) is 11.1 Å². The molecule has 0 aliphatic carbocycles. The lowest BCUT2D eigenvalue weighted by Gasteiger charge is -2.22. The molecule has 3 nitrogen and oxygen atoms in total. The number of hydrogen-bond donors (Lipinski definition) is 1. The van der Waals surface area contributed by atoms with E-state index in [1.807, 2.05) is 0 Å². The highest BCUT2D eigenvalue weighted by Gasteiger charge is 2.23. The molecule has 0 amide bonds. The molecular formula is C11H19N3S2. The zero-order chi connectivity index (χ0) is 11.6. The van der Waals surface area contributed by atoms with E-state index in [1.54, 1.807) is 0 Å². The summed E-state index contributed by atoms with van der Waals surface area (Å²) in [5.41, 5.74) is 6.76. The van der Waals surface area contributed by atoms with Crippen molar-refractivity contribution in [2.75, 3.05) is 24.6 Å². The van der Waals surface area contributed by atoms with Gasteiger partial charge >= 0.3 is 0 Å². The van der Waals surface area contributed by atoms with Gasteiger partial charge in [0.25, 0.3) is 0 Å². The molecule has 1 aromatic rings. The van der Waals surface area contributed by atoms with Crippen molar-refractivity contribution in [1.82, 2.24) is 9.88 Å². The summed E-state index contributed by atoms with van der Waals surface area (Å²) in [6.45, 7) is 7.94. The number of nitrogens with two attached hydrogens (primary N) is 1. The number of anilines is 1. The Labute approximate surface area is 105 Å². The third kappa shape index (κ3) is 3.37. The van der Waals surface area contributed by atoms with Gasteiger partial charge in [-0.2, -0.15) is 11.8 Å². The first kappa shape index (κ1) is 12.2. The van der Waals surface area contributed by atoms with Crippen LogP contribution in [-0.4, -0.2) is 33.5 Å². The molecule has 0 bridgehead atoms. The van der Waals surface area contributed by atoms with E-state index in [-0.39, 0.29) is 0 Å².